The molecular formula is C52H42F2N2Si2. The number of aliphatic imine (C=N–C) groups is 2. The maximum Gasteiger partial charge on any atom is 0.148 e. The van der Waals surface area contributed by atoms with E-state index in [-0.39, 0.29) is 11.6 Å². The normalized spacial score (nSPS) is 12.3. The predicted octanol–water partition coefficient (Wildman–Crippen LogP) is 9.11. The van der Waals surface area contributed by atoms with E-state index in [1.54, 1.807) is 24.3 Å². The van der Waals surface area contributed by atoms with E-state index < -0.39 is 16.1 Å². The van der Waals surface area contributed by atoms with Gasteiger partial charge in [0.25, 0.3) is 0 Å². The first-order valence-electron chi connectivity index (χ1n) is 19.5. The lowest BCUT2D eigenvalue weighted by atomic mass is 9.99. The van der Waals surface area contributed by atoms with Gasteiger partial charge in [0.2, 0.25) is 0 Å². The molecule has 2 nitrogen and oxygen atoms in total. The summed E-state index contributed by atoms with van der Waals surface area (Å²) in [5.74, 6) is -0.704. The summed E-state index contributed by atoms with van der Waals surface area (Å²) >= 11 is 0. The zero-order valence-electron chi connectivity index (χ0n) is 32.4. The molecule has 8 aromatic carbocycles. The van der Waals surface area contributed by atoms with Crippen LogP contribution in [0.1, 0.15) is 11.1 Å². The monoisotopic (exact) mass is 788 g/mol. The minimum atomic E-state index is -2.65. The second kappa shape index (κ2) is 16.9. The van der Waals surface area contributed by atoms with Crippen molar-refractivity contribution in [2.24, 2.45) is 9.98 Å². The zero-order chi connectivity index (χ0) is 40.0. The number of hydrogen-bond donors (Lipinski definition) is 0. The predicted molar refractivity (Wildman–Crippen MR) is 245 cm³/mol. The van der Waals surface area contributed by atoms with Crippen molar-refractivity contribution in [2.75, 3.05) is 0 Å². The van der Waals surface area contributed by atoms with E-state index in [2.05, 4.69) is 147 Å². The SMILES string of the molecule is C[Si](c1ccccc1)(c1ccccc1)c1ccccc1N=C(C(=Nc1ccccc1[Si](C)(c1ccccc1)c1ccccc1)c1ccc(F)cc1)c1ccc(F)cc1. The van der Waals surface area contributed by atoms with Gasteiger partial charge >= 0.3 is 0 Å². The van der Waals surface area contributed by atoms with Crippen molar-refractivity contribution in [1.82, 2.24) is 0 Å². The number of halogens is 2. The summed E-state index contributed by atoms with van der Waals surface area (Å²) in [6.07, 6.45) is 0. The first-order chi connectivity index (χ1) is 28.4. The number of nitrogens with zero attached hydrogens (tertiary/aromatic N) is 2. The lowest BCUT2D eigenvalue weighted by molar-refractivity contribution is 0.627. The molecule has 0 atom stereocenters. The Labute approximate surface area is 341 Å². The zero-order valence-corrected chi connectivity index (χ0v) is 34.4. The van der Waals surface area contributed by atoms with Gasteiger partial charge in [-0.15, -0.1) is 0 Å². The van der Waals surface area contributed by atoms with Gasteiger partial charge in [0, 0.05) is 11.1 Å². The van der Waals surface area contributed by atoms with Gasteiger partial charge in [0.1, 0.15) is 27.8 Å². The average Bonchev–Trinajstić information content (AvgIpc) is 3.29. The Morgan fingerprint density at radius 1 is 0.328 bits per heavy atom. The van der Waals surface area contributed by atoms with Crippen LogP contribution in [-0.4, -0.2) is 27.6 Å². The lowest BCUT2D eigenvalue weighted by Crippen LogP contribution is -2.64. The quantitative estimate of drug-likeness (QED) is 0.0711. The van der Waals surface area contributed by atoms with Crippen LogP contribution in [0.25, 0.3) is 0 Å². The first kappa shape index (κ1) is 38.3. The number of rotatable bonds is 11. The highest BCUT2D eigenvalue weighted by atomic mass is 28.3. The Morgan fingerprint density at radius 2 is 0.586 bits per heavy atom. The Hall–Kier alpha value is -6.61. The summed E-state index contributed by atoms with van der Waals surface area (Å²) in [6, 6.07) is 72.1. The molecule has 0 aliphatic carbocycles. The minimum Gasteiger partial charge on any atom is -0.246 e. The molecule has 6 heteroatoms. The first-order valence-corrected chi connectivity index (χ1v) is 24.5. The van der Waals surface area contributed by atoms with Crippen LogP contribution in [0.4, 0.5) is 20.2 Å². The fourth-order valence-corrected chi connectivity index (χ4v) is 15.5. The third-order valence-corrected chi connectivity index (χ3v) is 20.2. The molecule has 8 rings (SSSR count). The fraction of sp³-hybridized carbons (Fsp3) is 0.0385. The molecule has 0 unspecified atom stereocenters. The van der Waals surface area contributed by atoms with Gasteiger partial charge in [0.15, 0.2) is 0 Å². The summed E-state index contributed by atoms with van der Waals surface area (Å²) < 4.78 is 29.4. The van der Waals surface area contributed by atoms with Crippen LogP contribution in [0.3, 0.4) is 0 Å². The number of benzene rings is 8. The van der Waals surface area contributed by atoms with E-state index in [9.17, 15) is 8.78 Å². The highest BCUT2D eigenvalue weighted by Crippen LogP contribution is 2.24. The molecule has 0 aliphatic heterocycles. The molecular weight excluding hydrogens is 747 g/mol. The van der Waals surface area contributed by atoms with E-state index in [0.717, 1.165) is 21.7 Å². The van der Waals surface area contributed by atoms with Crippen molar-refractivity contribution in [3.63, 3.8) is 0 Å². The van der Waals surface area contributed by atoms with Gasteiger partial charge in [-0.1, -0.05) is 171 Å². The molecule has 0 aliphatic rings. The van der Waals surface area contributed by atoms with Gasteiger partial charge < -0.3 is 0 Å². The number of para-hydroxylation sites is 2. The standard InChI is InChI=1S/C52H42F2N2Si2/c1-57(43-19-7-3-8-20-43,44-21-9-4-10-22-44)49-29-17-15-27-47(49)55-51(39-31-35-41(53)36-32-39)52(40-33-37-42(54)38-34-40)56-48-28-16-18-30-50(48)58(2,45-23-11-5-12-24-45)46-25-13-6-14-26-46/h3-38H,1-2H3. The molecule has 0 saturated carbocycles. The van der Waals surface area contributed by atoms with Crippen molar-refractivity contribution in [3.05, 3.63) is 241 Å². The molecule has 58 heavy (non-hydrogen) atoms. The van der Waals surface area contributed by atoms with E-state index in [1.165, 1.54) is 45.0 Å². The molecule has 0 fully saturated rings. The van der Waals surface area contributed by atoms with Crippen LogP contribution in [0.15, 0.2) is 228 Å². The fourth-order valence-electron chi connectivity index (χ4n) is 7.99. The van der Waals surface area contributed by atoms with Crippen molar-refractivity contribution in [3.8, 4) is 0 Å². The lowest BCUT2D eigenvalue weighted by Gasteiger charge is -2.31. The maximum absolute atomic E-state index is 14.7. The molecule has 0 aromatic heterocycles. The second-order valence-corrected chi connectivity index (χ2v) is 22.6. The van der Waals surface area contributed by atoms with Gasteiger partial charge in [-0.2, -0.15) is 0 Å². The highest BCUT2D eigenvalue weighted by molar-refractivity contribution is 7.12. The molecule has 0 amide bonds. The average molecular weight is 789 g/mol. The molecule has 0 radical (unpaired) electrons. The van der Waals surface area contributed by atoms with E-state index in [1.807, 2.05) is 36.4 Å². The summed E-state index contributed by atoms with van der Waals surface area (Å²) in [4.78, 5) is 11.2. The van der Waals surface area contributed by atoms with Crippen molar-refractivity contribution >= 4 is 70.1 Å². The number of hydrogen-bond acceptors (Lipinski definition) is 2. The van der Waals surface area contributed by atoms with Crippen molar-refractivity contribution < 1.29 is 8.78 Å². The van der Waals surface area contributed by atoms with Crippen LogP contribution >= 0.6 is 0 Å². The van der Waals surface area contributed by atoms with E-state index >= 15 is 0 Å². The molecule has 0 bridgehead atoms. The Balaban J connectivity index is 1.42. The smallest absolute Gasteiger partial charge is 0.148 e. The third kappa shape index (κ3) is 7.60. The van der Waals surface area contributed by atoms with Crippen molar-refractivity contribution in [1.29, 1.82) is 0 Å². The Morgan fingerprint density at radius 3 is 0.879 bits per heavy atom. The van der Waals surface area contributed by atoms with Gasteiger partial charge in [-0.25, -0.2) is 18.8 Å². The molecule has 0 saturated heterocycles. The summed E-state index contributed by atoms with van der Waals surface area (Å²) in [5, 5.41) is 7.25. The summed E-state index contributed by atoms with van der Waals surface area (Å²) in [7, 11) is -5.31. The molecule has 0 N–H and O–H groups in total. The Kier molecular flexibility index (Phi) is 11.1. The molecule has 0 heterocycles. The van der Waals surface area contributed by atoms with Crippen LogP contribution in [0.2, 0.25) is 13.1 Å². The van der Waals surface area contributed by atoms with Gasteiger partial charge in [-0.05, 0) is 91.8 Å². The third-order valence-electron chi connectivity index (χ3n) is 11.2. The largest absolute Gasteiger partial charge is 0.246 e. The molecule has 282 valence electrons. The summed E-state index contributed by atoms with van der Waals surface area (Å²) in [6.45, 7) is 4.74. The topological polar surface area (TPSA) is 24.7 Å². The van der Waals surface area contributed by atoms with Gasteiger partial charge in [0.05, 0.1) is 22.8 Å². The second-order valence-electron chi connectivity index (χ2n) is 14.7. The summed E-state index contributed by atoms with van der Waals surface area (Å²) in [5.41, 5.74) is 4.05. The maximum atomic E-state index is 14.7. The van der Waals surface area contributed by atoms with Gasteiger partial charge in [-0.3, -0.25) is 0 Å². The van der Waals surface area contributed by atoms with E-state index in [4.69, 9.17) is 9.98 Å². The van der Waals surface area contributed by atoms with Crippen LogP contribution in [0, 0.1) is 11.6 Å². The molecule has 8 aromatic rings. The Bertz CT molecular complexity index is 2420. The van der Waals surface area contributed by atoms with E-state index in [0.29, 0.717) is 22.6 Å². The van der Waals surface area contributed by atoms with Crippen LogP contribution in [0.5, 0.6) is 0 Å². The van der Waals surface area contributed by atoms with Crippen LogP contribution < -0.4 is 31.1 Å². The molecule has 0 spiro atoms. The minimum absolute atomic E-state index is 0.352. The highest BCUT2D eigenvalue weighted by Gasteiger charge is 2.37. The van der Waals surface area contributed by atoms with Crippen molar-refractivity contribution in [2.45, 2.75) is 13.1 Å². The van der Waals surface area contributed by atoms with Crippen LogP contribution in [-0.2, 0) is 0 Å².